The predicted octanol–water partition coefficient (Wildman–Crippen LogP) is 5.27. The van der Waals surface area contributed by atoms with E-state index in [-0.39, 0.29) is 5.91 Å². The Morgan fingerprint density at radius 2 is 2.00 bits per heavy atom. The first-order chi connectivity index (χ1) is 13.1. The van der Waals surface area contributed by atoms with Gasteiger partial charge < -0.3 is 9.88 Å². The van der Waals surface area contributed by atoms with Crippen LogP contribution in [0.25, 0.3) is 10.7 Å². The van der Waals surface area contributed by atoms with Crippen molar-refractivity contribution in [3.63, 3.8) is 0 Å². The van der Waals surface area contributed by atoms with Gasteiger partial charge in [0.2, 0.25) is 5.91 Å². The molecule has 142 valence electrons. The van der Waals surface area contributed by atoms with E-state index < -0.39 is 0 Å². The van der Waals surface area contributed by atoms with Gasteiger partial charge in [0.15, 0.2) is 11.0 Å². The lowest BCUT2D eigenvalue weighted by molar-refractivity contribution is -0.113. The summed E-state index contributed by atoms with van der Waals surface area (Å²) in [6, 6.07) is 12.1. The number of hydrogen-bond donors (Lipinski definition) is 1. The van der Waals surface area contributed by atoms with Gasteiger partial charge in [0.05, 0.1) is 10.6 Å². The number of nitrogens with zero attached hydrogens (tertiary/aromatic N) is 3. The molecule has 5 nitrogen and oxygen atoms in total. The van der Waals surface area contributed by atoms with E-state index >= 15 is 0 Å². The van der Waals surface area contributed by atoms with E-state index in [4.69, 9.17) is 0 Å². The Hall–Kier alpha value is -2.12. The second kappa shape index (κ2) is 9.19. The molecule has 1 aromatic carbocycles. The molecule has 0 aliphatic rings. The highest BCUT2D eigenvalue weighted by Gasteiger charge is 2.15. The van der Waals surface area contributed by atoms with Crippen molar-refractivity contribution < 1.29 is 4.79 Å². The summed E-state index contributed by atoms with van der Waals surface area (Å²) in [4.78, 5) is 13.4. The standard InChI is InChI=1S/C20H24N4OS2/c1-4-14(3)15-8-10-16(11-9-15)21-18(25)13-27-20-23-22-19(24(20)5-2)17-7-6-12-26-17/h6-12,14H,4-5,13H2,1-3H3,(H,21,25). The number of hydrogen-bond acceptors (Lipinski definition) is 5. The van der Waals surface area contributed by atoms with E-state index in [9.17, 15) is 4.79 Å². The van der Waals surface area contributed by atoms with Gasteiger partial charge >= 0.3 is 0 Å². The van der Waals surface area contributed by atoms with Gasteiger partial charge in [-0.05, 0) is 48.4 Å². The van der Waals surface area contributed by atoms with Crippen molar-refractivity contribution in [1.82, 2.24) is 14.8 Å². The van der Waals surface area contributed by atoms with E-state index in [0.717, 1.165) is 34.5 Å². The van der Waals surface area contributed by atoms with Crippen molar-refractivity contribution in [2.75, 3.05) is 11.1 Å². The molecule has 3 rings (SSSR count). The molecular formula is C20H24N4OS2. The molecule has 1 atom stereocenters. The molecule has 2 heterocycles. The Bertz CT molecular complexity index is 872. The van der Waals surface area contributed by atoms with Crippen LogP contribution in [0.2, 0.25) is 0 Å². The number of anilines is 1. The van der Waals surface area contributed by atoms with Gasteiger partial charge in [-0.15, -0.1) is 21.5 Å². The molecule has 0 aliphatic carbocycles. The summed E-state index contributed by atoms with van der Waals surface area (Å²) in [5.74, 6) is 1.65. The van der Waals surface area contributed by atoms with Gasteiger partial charge in [-0.2, -0.15) is 0 Å². The molecule has 3 aromatic rings. The average Bonchev–Trinajstić information content (AvgIpc) is 3.35. The zero-order chi connectivity index (χ0) is 19.2. The van der Waals surface area contributed by atoms with E-state index in [1.54, 1.807) is 11.3 Å². The highest BCUT2D eigenvalue weighted by molar-refractivity contribution is 7.99. The SMILES string of the molecule is CCC(C)c1ccc(NC(=O)CSc2nnc(-c3cccs3)n2CC)cc1. The number of nitrogens with one attached hydrogen (secondary N) is 1. The van der Waals surface area contributed by atoms with E-state index in [1.165, 1.54) is 17.3 Å². The number of benzene rings is 1. The quantitative estimate of drug-likeness (QED) is 0.523. The summed E-state index contributed by atoms with van der Waals surface area (Å²) in [5, 5.41) is 14.3. The van der Waals surface area contributed by atoms with Crippen LogP contribution < -0.4 is 5.32 Å². The Balaban J connectivity index is 1.59. The third-order valence-corrected chi connectivity index (χ3v) is 6.32. The number of aromatic nitrogens is 3. The van der Waals surface area contributed by atoms with Crippen molar-refractivity contribution in [2.24, 2.45) is 0 Å². The average molecular weight is 401 g/mol. The monoisotopic (exact) mass is 400 g/mol. The normalized spacial score (nSPS) is 12.1. The van der Waals surface area contributed by atoms with Crippen LogP contribution in [0.1, 0.15) is 38.7 Å². The molecule has 2 aromatic heterocycles. The highest BCUT2D eigenvalue weighted by atomic mass is 32.2. The smallest absolute Gasteiger partial charge is 0.234 e. The van der Waals surface area contributed by atoms with Gasteiger partial charge in [0, 0.05) is 12.2 Å². The maximum Gasteiger partial charge on any atom is 0.234 e. The molecule has 0 fully saturated rings. The molecule has 1 unspecified atom stereocenters. The first kappa shape index (κ1) is 19.6. The summed E-state index contributed by atoms with van der Waals surface area (Å²) >= 11 is 3.05. The van der Waals surface area contributed by atoms with Crippen molar-refractivity contribution in [3.05, 3.63) is 47.3 Å². The predicted molar refractivity (Wildman–Crippen MR) is 114 cm³/mol. The number of carbonyl (C=O) groups is 1. The summed E-state index contributed by atoms with van der Waals surface area (Å²) in [7, 11) is 0. The van der Waals surface area contributed by atoms with Crippen molar-refractivity contribution in [2.45, 2.75) is 44.8 Å². The second-order valence-corrected chi connectivity index (χ2v) is 8.19. The minimum absolute atomic E-state index is 0.0420. The van der Waals surface area contributed by atoms with Gasteiger partial charge in [-0.3, -0.25) is 4.79 Å². The molecule has 0 saturated carbocycles. The van der Waals surface area contributed by atoms with Crippen LogP contribution in [0.15, 0.2) is 46.9 Å². The zero-order valence-electron chi connectivity index (χ0n) is 15.8. The summed E-state index contributed by atoms with van der Waals surface area (Å²) in [6.07, 6.45) is 1.11. The third-order valence-electron chi connectivity index (χ3n) is 4.48. The third kappa shape index (κ3) is 4.78. The fourth-order valence-corrected chi connectivity index (χ4v) is 4.25. The van der Waals surface area contributed by atoms with E-state index in [2.05, 4.69) is 48.4 Å². The van der Waals surface area contributed by atoms with Gasteiger partial charge in [-0.25, -0.2) is 0 Å². The Kier molecular flexibility index (Phi) is 6.68. The van der Waals surface area contributed by atoms with Crippen LogP contribution in [0.3, 0.4) is 0 Å². The summed E-state index contributed by atoms with van der Waals surface area (Å²) in [5.41, 5.74) is 2.12. The number of thiophene rings is 1. The van der Waals surface area contributed by atoms with Gasteiger partial charge in [0.25, 0.3) is 0 Å². The maximum absolute atomic E-state index is 12.3. The zero-order valence-corrected chi connectivity index (χ0v) is 17.4. The van der Waals surface area contributed by atoms with E-state index in [0.29, 0.717) is 11.7 Å². The van der Waals surface area contributed by atoms with Gasteiger partial charge in [-0.1, -0.05) is 43.8 Å². The fraction of sp³-hybridized carbons (Fsp3) is 0.350. The van der Waals surface area contributed by atoms with Crippen LogP contribution >= 0.6 is 23.1 Å². The number of carbonyl (C=O) groups excluding carboxylic acids is 1. The number of amides is 1. The largest absolute Gasteiger partial charge is 0.325 e. The van der Waals surface area contributed by atoms with Gasteiger partial charge in [0.1, 0.15) is 0 Å². The Morgan fingerprint density at radius 3 is 2.63 bits per heavy atom. The fourth-order valence-electron chi connectivity index (χ4n) is 2.73. The Morgan fingerprint density at radius 1 is 1.22 bits per heavy atom. The topological polar surface area (TPSA) is 59.8 Å². The van der Waals surface area contributed by atoms with Crippen molar-refractivity contribution in [1.29, 1.82) is 0 Å². The number of thioether (sulfide) groups is 1. The summed E-state index contributed by atoms with van der Waals surface area (Å²) < 4.78 is 2.05. The number of rotatable bonds is 8. The van der Waals surface area contributed by atoms with Crippen LogP contribution in [-0.2, 0) is 11.3 Å². The van der Waals surface area contributed by atoms with E-state index in [1.807, 2.05) is 34.2 Å². The molecule has 0 saturated heterocycles. The van der Waals surface area contributed by atoms with Crippen LogP contribution in [0, 0.1) is 0 Å². The van der Waals surface area contributed by atoms with Crippen LogP contribution in [0.4, 0.5) is 5.69 Å². The van der Waals surface area contributed by atoms with Crippen LogP contribution in [0.5, 0.6) is 0 Å². The lowest BCUT2D eigenvalue weighted by Gasteiger charge is -2.10. The van der Waals surface area contributed by atoms with Crippen molar-refractivity contribution >= 4 is 34.7 Å². The molecule has 1 N–H and O–H groups in total. The Labute approximate surface area is 168 Å². The molecule has 0 radical (unpaired) electrons. The maximum atomic E-state index is 12.3. The first-order valence-corrected chi connectivity index (χ1v) is 11.0. The second-order valence-electron chi connectivity index (χ2n) is 6.30. The lowest BCUT2D eigenvalue weighted by atomic mass is 9.99. The lowest BCUT2D eigenvalue weighted by Crippen LogP contribution is -2.14. The molecule has 1 amide bonds. The minimum Gasteiger partial charge on any atom is -0.325 e. The van der Waals surface area contributed by atoms with Crippen molar-refractivity contribution in [3.8, 4) is 10.7 Å². The molecule has 0 bridgehead atoms. The summed E-state index contributed by atoms with van der Waals surface area (Å²) in [6.45, 7) is 7.21. The minimum atomic E-state index is -0.0420. The van der Waals surface area contributed by atoms with Crippen LogP contribution in [-0.4, -0.2) is 26.4 Å². The first-order valence-electron chi connectivity index (χ1n) is 9.12. The molecular weight excluding hydrogens is 376 g/mol. The molecule has 0 spiro atoms. The highest BCUT2D eigenvalue weighted by Crippen LogP contribution is 2.27. The molecule has 7 heteroatoms. The molecule has 27 heavy (non-hydrogen) atoms. The molecule has 0 aliphatic heterocycles.